The quantitative estimate of drug-likeness (QED) is 0.0321. The molecule has 0 aromatic carbocycles. The smallest absolute Gasteiger partial charge is 0.310 e. The predicted octanol–water partition coefficient (Wildman–Crippen LogP) is 7.74. The van der Waals surface area contributed by atoms with Crippen molar-refractivity contribution in [1.82, 2.24) is 0 Å². The number of carboxylic acid groups (broad SMARTS) is 1. The van der Waals surface area contributed by atoms with E-state index < -0.39 is 24.1 Å². The van der Waals surface area contributed by atoms with Gasteiger partial charge < -0.3 is 28.6 Å². The highest BCUT2D eigenvalue weighted by molar-refractivity contribution is 5.71. The molecule has 0 heterocycles. The Bertz CT molecular complexity index is 975. The number of aliphatic carboxylic acids is 1. The molecule has 8 heteroatoms. The van der Waals surface area contributed by atoms with E-state index in [-0.39, 0.29) is 43.1 Å². The van der Waals surface area contributed by atoms with Gasteiger partial charge in [0.2, 0.25) is 0 Å². The summed E-state index contributed by atoms with van der Waals surface area (Å²) in [6.45, 7) is 4.38. The van der Waals surface area contributed by atoms with Crippen LogP contribution in [0.3, 0.4) is 0 Å². The number of carbonyl (C=O) groups is 3. The molecule has 2 atom stereocenters. The van der Waals surface area contributed by atoms with Crippen LogP contribution in [-0.2, 0) is 28.6 Å². The van der Waals surface area contributed by atoms with Crippen LogP contribution in [0.15, 0.2) is 60.8 Å². The largest absolute Gasteiger partial charge is 0.544 e. The molecule has 0 fully saturated rings. The van der Waals surface area contributed by atoms with Gasteiger partial charge in [-0.1, -0.05) is 126 Å². The second-order valence-electron chi connectivity index (χ2n) is 13.1. The van der Waals surface area contributed by atoms with Gasteiger partial charge in [0.15, 0.2) is 6.10 Å². The summed E-state index contributed by atoms with van der Waals surface area (Å²) in [5.41, 5.74) is 0. The fourth-order valence-electron chi connectivity index (χ4n) is 4.85. The highest BCUT2D eigenvalue weighted by Gasteiger charge is 2.25. The molecule has 0 radical (unpaired) electrons. The summed E-state index contributed by atoms with van der Waals surface area (Å²) < 4.78 is 16.9. The molecule has 0 spiro atoms. The number of nitrogens with zero attached hydrogens (tertiary/aromatic N) is 1. The van der Waals surface area contributed by atoms with Crippen LogP contribution in [0.2, 0.25) is 0 Å². The Morgan fingerprint density at radius 1 is 0.646 bits per heavy atom. The molecular formula is C40H67NO7. The van der Waals surface area contributed by atoms with Crippen molar-refractivity contribution in [1.29, 1.82) is 0 Å². The SMILES string of the molecule is CC/C=C\C/C=C\C/C=C\C/C=C\C/C=C\CC(=O)OC(COCCC(C(=O)[O-])[N+](C)(C)C)COC(=O)CCCCCCCCCCC. The zero-order valence-electron chi connectivity index (χ0n) is 30.9. The van der Waals surface area contributed by atoms with E-state index in [4.69, 9.17) is 14.2 Å². The number of carbonyl (C=O) groups excluding carboxylic acids is 3. The van der Waals surface area contributed by atoms with Crippen LogP contribution < -0.4 is 5.11 Å². The van der Waals surface area contributed by atoms with E-state index in [1.165, 1.54) is 38.5 Å². The number of hydrogen-bond acceptors (Lipinski definition) is 7. The van der Waals surface area contributed by atoms with Crippen LogP contribution in [0, 0.1) is 0 Å². The Hall–Kier alpha value is -2.97. The molecule has 0 aliphatic carbocycles. The summed E-state index contributed by atoms with van der Waals surface area (Å²) in [5, 5.41) is 11.5. The summed E-state index contributed by atoms with van der Waals surface area (Å²) in [6, 6.07) is -0.740. The van der Waals surface area contributed by atoms with E-state index in [2.05, 4.69) is 62.5 Å². The molecule has 0 rings (SSSR count). The lowest BCUT2D eigenvalue weighted by Gasteiger charge is -2.34. The minimum atomic E-state index is -1.14. The number of quaternary nitrogens is 1. The number of esters is 2. The van der Waals surface area contributed by atoms with Crippen molar-refractivity contribution in [3.8, 4) is 0 Å². The minimum absolute atomic E-state index is 0.000369. The number of allylic oxidation sites excluding steroid dienone is 9. The van der Waals surface area contributed by atoms with E-state index in [1.54, 1.807) is 27.2 Å². The topological polar surface area (TPSA) is 102 Å². The maximum atomic E-state index is 12.6. The molecule has 274 valence electrons. The third-order valence-corrected chi connectivity index (χ3v) is 7.70. The van der Waals surface area contributed by atoms with Crippen molar-refractivity contribution in [2.75, 3.05) is 41.0 Å². The summed E-state index contributed by atoms with van der Waals surface area (Å²) in [5.74, 6) is -1.91. The standard InChI is InChI=1S/C40H67NO7/c1-6-8-10-12-14-16-17-18-19-20-21-23-25-27-29-31-39(43)48-36(34-46-33-32-37(40(44)45)41(3,4)5)35-47-38(42)30-28-26-24-22-15-13-11-9-7-2/h8,10,14,16,18-19,21,23,27,29,36-37H,6-7,9,11-13,15,17,20,22,24-26,28,30-35H2,1-5H3/b10-8-,16-14-,19-18-,23-21-,29-27-. The number of hydrogen-bond donors (Lipinski definition) is 0. The first-order valence-electron chi connectivity index (χ1n) is 18.3. The Kier molecular flexibility index (Phi) is 29.4. The molecular weight excluding hydrogens is 606 g/mol. The summed E-state index contributed by atoms with van der Waals surface area (Å²) >= 11 is 0. The Balaban J connectivity index is 4.61. The van der Waals surface area contributed by atoms with Gasteiger partial charge in [-0.2, -0.15) is 0 Å². The molecule has 0 saturated carbocycles. The molecule has 0 aromatic heterocycles. The Labute approximate surface area is 292 Å². The zero-order valence-corrected chi connectivity index (χ0v) is 30.9. The summed E-state index contributed by atoms with van der Waals surface area (Å²) in [6.07, 6.45) is 35.6. The van der Waals surface area contributed by atoms with Crippen LogP contribution in [0.4, 0.5) is 0 Å². The van der Waals surface area contributed by atoms with Crippen molar-refractivity contribution < 1.29 is 38.2 Å². The third-order valence-electron chi connectivity index (χ3n) is 7.70. The number of rotatable bonds is 31. The van der Waals surface area contributed by atoms with Crippen LogP contribution in [-0.4, -0.2) is 75.5 Å². The monoisotopic (exact) mass is 673 g/mol. The van der Waals surface area contributed by atoms with E-state index in [1.807, 2.05) is 6.08 Å². The van der Waals surface area contributed by atoms with E-state index in [0.717, 1.165) is 44.9 Å². The van der Waals surface area contributed by atoms with Crippen molar-refractivity contribution in [3.05, 3.63) is 60.8 Å². The first-order valence-corrected chi connectivity index (χ1v) is 18.3. The van der Waals surface area contributed by atoms with Gasteiger partial charge in [-0.15, -0.1) is 0 Å². The molecule has 0 amide bonds. The Morgan fingerprint density at radius 3 is 1.65 bits per heavy atom. The van der Waals surface area contributed by atoms with Gasteiger partial charge in [0, 0.05) is 12.8 Å². The van der Waals surface area contributed by atoms with Crippen LogP contribution >= 0.6 is 0 Å². The van der Waals surface area contributed by atoms with Crippen LogP contribution in [0.1, 0.15) is 123 Å². The molecule has 0 saturated heterocycles. The molecule has 8 nitrogen and oxygen atoms in total. The highest BCUT2D eigenvalue weighted by atomic mass is 16.6. The van der Waals surface area contributed by atoms with Crippen molar-refractivity contribution >= 4 is 17.9 Å². The fourth-order valence-corrected chi connectivity index (χ4v) is 4.85. The average Bonchev–Trinajstić information content (AvgIpc) is 3.03. The minimum Gasteiger partial charge on any atom is -0.544 e. The van der Waals surface area contributed by atoms with Gasteiger partial charge in [0.05, 0.1) is 46.7 Å². The fraction of sp³-hybridized carbons (Fsp3) is 0.675. The third kappa shape index (κ3) is 29.2. The van der Waals surface area contributed by atoms with E-state index >= 15 is 0 Å². The predicted molar refractivity (Wildman–Crippen MR) is 194 cm³/mol. The number of carboxylic acids is 1. The first kappa shape index (κ1) is 45.0. The van der Waals surface area contributed by atoms with Crippen molar-refractivity contribution in [2.24, 2.45) is 0 Å². The average molecular weight is 674 g/mol. The maximum absolute atomic E-state index is 12.6. The number of likely N-dealkylation sites (N-methyl/N-ethyl adjacent to an activating group) is 1. The highest BCUT2D eigenvalue weighted by Crippen LogP contribution is 2.12. The lowest BCUT2D eigenvalue weighted by molar-refractivity contribution is -0.889. The van der Waals surface area contributed by atoms with E-state index in [0.29, 0.717) is 12.8 Å². The van der Waals surface area contributed by atoms with Gasteiger partial charge >= 0.3 is 11.9 Å². The Morgan fingerprint density at radius 2 is 1.15 bits per heavy atom. The lowest BCUT2D eigenvalue weighted by Crippen LogP contribution is -2.55. The van der Waals surface area contributed by atoms with Crippen LogP contribution in [0.5, 0.6) is 0 Å². The normalized spacial score (nSPS) is 13.8. The van der Waals surface area contributed by atoms with Gasteiger partial charge in [-0.3, -0.25) is 9.59 Å². The number of ether oxygens (including phenoxy) is 3. The van der Waals surface area contributed by atoms with Gasteiger partial charge in [-0.25, -0.2) is 0 Å². The zero-order chi connectivity index (χ0) is 35.7. The lowest BCUT2D eigenvalue weighted by atomic mass is 10.1. The second-order valence-corrected chi connectivity index (χ2v) is 13.1. The first-order chi connectivity index (χ1) is 23.1. The molecule has 48 heavy (non-hydrogen) atoms. The van der Waals surface area contributed by atoms with Gasteiger partial charge in [0.1, 0.15) is 12.6 Å². The molecule has 0 N–H and O–H groups in total. The molecule has 0 aromatic rings. The van der Waals surface area contributed by atoms with Gasteiger partial charge in [-0.05, 0) is 38.5 Å². The second kappa shape index (κ2) is 31.3. The molecule has 0 aliphatic heterocycles. The van der Waals surface area contributed by atoms with Crippen molar-refractivity contribution in [2.45, 2.75) is 135 Å². The molecule has 0 bridgehead atoms. The van der Waals surface area contributed by atoms with E-state index in [9.17, 15) is 19.5 Å². The van der Waals surface area contributed by atoms with Crippen LogP contribution in [0.25, 0.3) is 0 Å². The molecule has 2 unspecified atom stereocenters. The van der Waals surface area contributed by atoms with Crippen molar-refractivity contribution in [3.63, 3.8) is 0 Å². The number of unbranched alkanes of at least 4 members (excludes halogenated alkanes) is 8. The molecule has 0 aliphatic rings. The summed E-state index contributed by atoms with van der Waals surface area (Å²) in [7, 11) is 5.35. The maximum Gasteiger partial charge on any atom is 0.310 e. The summed E-state index contributed by atoms with van der Waals surface area (Å²) in [4.78, 5) is 36.5. The van der Waals surface area contributed by atoms with Gasteiger partial charge in [0.25, 0.3) is 0 Å².